The molecule has 1 fully saturated rings. The molecule has 128 valence electrons. The molecule has 1 saturated heterocycles. The van der Waals surface area contributed by atoms with Crippen LogP contribution in [0.3, 0.4) is 0 Å². The number of hydrogen-bond donors (Lipinski definition) is 1. The second kappa shape index (κ2) is 7.35. The van der Waals surface area contributed by atoms with E-state index >= 15 is 0 Å². The van der Waals surface area contributed by atoms with Gasteiger partial charge in [-0.3, -0.25) is 9.69 Å². The van der Waals surface area contributed by atoms with Crippen LogP contribution in [-0.4, -0.2) is 48.8 Å². The predicted octanol–water partition coefficient (Wildman–Crippen LogP) is 2.78. The molecule has 0 aromatic rings. The first kappa shape index (κ1) is 19.1. The summed E-state index contributed by atoms with van der Waals surface area (Å²) in [7, 11) is 0. The number of thiocarbonyl (C=S) groups is 1. The lowest BCUT2D eigenvalue weighted by Gasteiger charge is -2.50. The molecular weight excluding hydrogens is 403 g/mol. The number of carbonyl (C=O) groups is 2. The average Bonchev–Trinajstić information content (AvgIpc) is 2.48. The normalized spacial score (nSPS) is 26.8. The van der Waals surface area contributed by atoms with Crippen LogP contribution in [0, 0.1) is 0 Å². The van der Waals surface area contributed by atoms with Crippen molar-refractivity contribution in [1.29, 1.82) is 0 Å². The Labute approximate surface area is 159 Å². The molecule has 0 aromatic carbocycles. The lowest BCUT2D eigenvalue weighted by atomic mass is 10.0. The number of nitrogens with one attached hydrogen (secondary N) is 1. The van der Waals surface area contributed by atoms with Crippen LogP contribution in [0.15, 0.2) is 11.8 Å². The second-order valence-corrected chi connectivity index (χ2v) is 9.59. The first-order chi connectivity index (χ1) is 10.6. The summed E-state index contributed by atoms with van der Waals surface area (Å²) in [5, 5.41) is 2.86. The first-order valence-electron chi connectivity index (χ1n) is 6.87. The zero-order valence-corrected chi connectivity index (χ0v) is 16.2. The Morgan fingerprint density at radius 2 is 2.17 bits per heavy atom. The molecule has 2 heterocycles. The van der Waals surface area contributed by atoms with Gasteiger partial charge in [-0.15, -0.1) is 11.8 Å². The fourth-order valence-electron chi connectivity index (χ4n) is 2.22. The van der Waals surface area contributed by atoms with Gasteiger partial charge in [0.25, 0.3) is 5.91 Å². The fraction of sp³-hybridized carbons (Fsp3) is 0.615. The highest BCUT2D eigenvalue weighted by Gasteiger charge is 2.53. The third-order valence-corrected chi connectivity index (χ3v) is 5.32. The lowest BCUT2D eigenvalue weighted by Crippen LogP contribution is -2.70. The number of thioether (sulfide) groups is 1. The van der Waals surface area contributed by atoms with Crippen LogP contribution in [-0.2, 0) is 14.3 Å². The Bertz CT molecular complexity index is 565. The molecule has 0 spiro atoms. The van der Waals surface area contributed by atoms with Gasteiger partial charge in [0.2, 0.25) is 3.79 Å². The highest BCUT2D eigenvalue weighted by atomic mass is 35.6. The molecule has 5 nitrogen and oxygen atoms in total. The number of nitrogens with zero attached hydrogens (tertiary/aromatic N) is 1. The fourth-order valence-corrected chi connectivity index (χ4v) is 3.84. The Balaban J connectivity index is 2.09. The van der Waals surface area contributed by atoms with Crippen molar-refractivity contribution in [2.24, 2.45) is 0 Å². The third-order valence-electron chi connectivity index (χ3n) is 3.26. The minimum Gasteiger partial charge on any atom is -0.456 e. The lowest BCUT2D eigenvalue weighted by molar-refractivity contribution is -0.151. The van der Waals surface area contributed by atoms with Gasteiger partial charge in [-0.2, -0.15) is 0 Å². The highest BCUT2D eigenvalue weighted by Crippen LogP contribution is 2.41. The number of β-lactam (4-membered cyclic amide) rings is 1. The molecule has 0 bridgehead atoms. The van der Waals surface area contributed by atoms with E-state index in [-0.39, 0.29) is 28.8 Å². The molecule has 0 saturated carbocycles. The smallest absolute Gasteiger partial charge is 0.354 e. The van der Waals surface area contributed by atoms with E-state index in [1.807, 2.05) is 13.8 Å². The molecule has 23 heavy (non-hydrogen) atoms. The zero-order valence-electron chi connectivity index (χ0n) is 12.3. The van der Waals surface area contributed by atoms with Crippen molar-refractivity contribution in [3.05, 3.63) is 11.8 Å². The molecule has 0 aromatic heterocycles. The summed E-state index contributed by atoms with van der Waals surface area (Å²) in [6.45, 7) is 3.46. The number of fused-ring (bicyclic) bond motifs is 1. The highest BCUT2D eigenvalue weighted by molar-refractivity contribution is 8.00. The molecule has 2 rings (SSSR count). The van der Waals surface area contributed by atoms with E-state index in [1.54, 1.807) is 17.8 Å². The summed E-state index contributed by atoms with van der Waals surface area (Å²) in [6, 6.07) is -0.431. The van der Waals surface area contributed by atoms with Crippen LogP contribution in [0.5, 0.6) is 0 Å². The molecule has 0 radical (unpaired) electrons. The van der Waals surface area contributed by atoms with Gasteiger partial charge in [-0.25, -0.2) is 4.79 Å². The van der Waals surface area contributed by atoms with Gasteiger partial charge < -0.3 is 10.1 Å². The number of halogens is 3. The SMILES string of the molecule is CCC(=S)NC1C(=O)N2C(C(=O)OCC(Cl)(Cl)Cl)=CC(C)S[C@H]12. The minimum atomic E-state index is -1.69. The number of carbonyl (C=O) groups excluding carboxylic acids is 2. The zero-order chi connectivity index (χ0) is 17.4. The van der Waals surface area contributed by atoms with Crippen LogP contribution in [0.1, 0.15) is 20.3 Å². The van der Waals surface area contributed by atoms with Gasteiger partial charge in [0.1, 0.15) is 23.7 Å². The molecule has 1 amide bonds. The van der Waals surface area contributed by atoms with E-state index in [1.165, 1.54) is 4.90 Å². The van der Waals surface area contributed by atoms with E-state index in [0.717, 1.165) is 0 Å². The van der Waals surface area contributed by atoms with Gasteiger partial charge >= 0.3 is 5.97 Å². The number of esters is 1. The van der Waals surface area contributed by atoms with Gasteiger partial charge in [0.15, 0.2) is 0 Å². The number of rotatable bonds is 4. The Hall–Kier alpha value is -0.210. The standard InChI is InChI=1S/C13H15Cl3N2O3S2/c1-3-8(22)17-9-10(19)18-7(4-6(2)23-11(9)18)12(20)21-5-13(14,15)16/h4,6,9,11H,3,5H2,1-2H3,(H,17,22)/t6?,9?,11-/m1/s1. The maximum Gasteiger partial charge on any atom is 0.354 e. The van der Waals surface area contributed by atoms with Crippen LogP contribution >= 0.6 is 58.8 Å². The van der Waals surface area contributed by atoms with Crippen molar-refractivity contribution in [2.75, 3.05) is 6.61 Å². The quantitative estimate of drug-likeness (QED) is 0.328. The first-order valence-corrected chi connectivity index (χ1v) is 9.36. The molecule has 0 aliphatic carbocycles. The van der Waals surface area contributed by atoms with Crippen molar-refractivity contribution in [3.63, 3.8) is 0 Å². The van der Waals surface area contributed by atoms with Gasteiger partial charge in [0, 0.05) is 5.25 Å². The van der Waals surface area contributed by atoms with Crippen molar-refractivity contribution in [1.82, 2.24) is 10.2 Å². The monoisotopic (exact) mass is 416 g/mol. The summed E-state index contributed by atoms with van der Waals surface area (Å²) >= 11 is 23.4. The Morgan fingerprint density at radius 1 is 1.52 bits per heavy atom. The number of amides is 1. The van der Waals surface area contributed by atoms with Crippen LogP contribution in [0.4, 0.5) is 0 Å². The average molecular weight is 418 g/mol. The van der Waals surface area contributed by atoms with E-state index < -0.39 is 15.8 Å². The van der Waals surface area contributed by atoms with Gasteiger partial charge in [0.05, 0.1) is 4.99 Å². The summed E-state index contributed by atoms with van der Waals surface area (Å²) in [4.78, 5) is 26.5. The van der Waals surface area contributed by atoms with E-state index in [9.17, 15) is 9.59 Å². The number of hydrogen-bond acceptors (Lipinski definition) is 5. The maximum atomic E-state index is 12.3. The summed E-state index contributed by atoms with van der Waals surface area (Å²) in [5.41, 5.74) is 0.181. The Kier molecular flexibility index (Phi) is 6.11. The molecule has 2 aliphatic heterocycles. The van der Waals surface area contributed by atoms with Crippen molar-refractivity contribution >= 4 is 75.6 Å². The number of alkyl halides is 3. The summed E-state index contributed by atoms with van der Waals surface area (Å²) in [5.74, 6) is -0.902. The molecule has 10 heteroatoms. The maximum absolute atomic E-state index is 12.3. The van der Waals surface area contributed by atoms with Crippen LogP contribution < -0.4 is 5.32 Å². The van der Waals surface area contributed by atoms with Crippen molar-refractivity contribution in [2.45, 2.75) is 40.7 Å². The molecule has 1 N–H and O–H groups in total. The molecule has 2 unspecified atom stereocenters. The van der Waals surface area contributed by atoms with Crippen LogP contribution in [0.2, 0.25) is 0 Å². The van der Waals surface area contributed by atoms with Crippen LogP contribution in [0.25, 0.3) is 0 Å². The molecule has 3 atom stereocenters. The van der Waals surface area contributed by atoms with Gasteiger partial charge in [-0.05, 0) is 19.4 Å². The minimum absolute atomic E-state index is 0.0409. The van der Waals surface area contributed by atoms with E-state index in [2.05, 4.69) is 5.32 Å². The topological polar surface area (TPSA) is 58.6 Å². The largest absolute Gasteiger partial charge is 0.456 e. The third kappa shape index (κ3) is 4.45. The molecule has 2 aliphatic rings. The van der Waals surface area contributed by atoms with Crippen molar-refractivity contribution < 1.29 is 14.3 Å². The predicted molar refractivity (Wildman–Crippen MR) is 96.8 cm³/mol. The second-order valence-electron chi connectivity index (χ2n) is 5.08. The molecular formula is C13H15Cl3N2O3S2. The number of ether oxygens (including phenoxy) is 1. The summed E-state index contributed by atoms with van der Waals surface area (Å²) in [6.07, 6.45) is 2.33. The van der Waals surface area contributed by atoms with Gasteiger partial charge in [-0.1, -0.05) is 53.9 Å². The Morgan fingerprint density at radius 3 is 2.74 bits per heavy atom. The van der Waals surface area contributed by atoms with E-state index in [4.69, 9.17) is 51.8 Å². The van der Waals surface area contributed by atoms with Crippen molar-refractivity contribution in [3.8, 4) is 0 Å². The van der Waals surface area contributed by atoms with E-state index in [0.29, 0.717) is 11.4 Å². The summed E-state index contributed by atoms with van der Waals surface area (Å²) < 4.78 is 3.29.